The molecule has 2 heterocycles. The van der Waals surface area contributed by atoms with Gasteiger partial charge >= 0.3 is 0 Å². The third-order valence-electron chi connectivity index (χ3n) is 4.20. The van der Waals surface area contributed by atoms with Gasteiger partial charge in [0.25, 0.3) is 0 Å². The lowest BCUT2D eigenvalue weighted by molar-refractivity contribution is 0.791. The first-order valence-corrected chi connectivity index (χ1v) is 8.44. The van der Waals surface area contributed by atoms with E-state index in [0.29, 0.717) is 6.04 Å². The molecule has 1 aromatic heterocycles. The molecule has 106 valence electrons. The summed E-state index contributed by atoms with van der Waals surface area (Å²) >= 11 is 1.91. The van der Waals surface area contributed by atoms with Crippen LogP contribution in [-0.2, 0) is 12.8 Å². The van der Waals surface area contributed by atoms with Gasteiger partial charge in [-0.2, -0.15) is 0 Å². The predicted octanol–water partition coefficient (Wildman–Crippen LogP) is 5.42. The van der Waals surface area contributed by atoms with Gasteiger partial charge in [-0.3, -0.25) is 0 Å². The topological polar surface area (TPSA) is 12.0 Å². The molecule has 0 amide bonds. The minimum absolute atomic E-state index is 0.469. The molecule has 1 unspecified atom stereocenters. The van der Waals surface area contributed by atoms with Crippen LogP contribution in [0.2, 0.25) is 0 Å². The van der Waals surface area contributed by atoms with Crippen LogP contribution in [0.15, 0.2) is 24.3 Å². The van der Waals surface area contributed by atoms with Gasteiger partial charge in [-0.25, -0.2) is 0 Å². The Labute approximate surface area is 126 Å². The van der Waals surface area contributed by atoms with Crippen LogP contribution in [0.5, 0.6) is 0 Å². The van der Waals surface area contributed by atoms with E-state index in [9.17, 15) is 0 Å². The molecule has 1 aliphatic heterocycles. The third-order valence-corrected chi connectivity index (χ3v) is 5.18. The van der Waals surface area contributed by atoms with Gasteiger partial charge in [-0.15, -0.1) is 11.3 Å². The summed E-state index contributed by atoms with van der Waals surface area (Å²) < 4.78 is 0. The summed E-state index contributed by atoms with van der Waals surface area (Å²) in [4.78, 5) is 2.87. The van der Waals surface area contributed by atoms with Crippen molar-refractivity contribution in [2.24, 2.45) is 0 Å². The fourth-order valence-corrected chi connectivity index (χ4v) is 4.12. The van der Waals surface area contributed by atoms with Gasteiger partial charge in [0.1, 0.15) is 0 Å². The van der Waals surface area contributed by atoms with E-state index in [2.05, 4.69) is 50.4 Å². The van der Waals surface area contributed by atoms with Crippen LogP contribution in [0, 0.1) is 13.8 Å². The van der Waals surface area contributed by atoms with E-state index < -0.39 is 0 Å². The van der Waals surface area contributed by atoms with Gasteiger partial charge in [0.2, 0.25) is 0 Å². The van der Waals surface area contributed by atoms with Gasteiger partial charge in [0.05, 0.1) is 6.04 Å². The summed E-state index contributed by atoms with van der Waals surface area (Å²) in [6, 6.07) is 9.79. The van der Waals surface area contributed by atoms with Crippen LogP contribution < -0.4 is 5.32 Å². The Morgan fingerprint density at radius 3 is 2.80 bits per heavy atom. The van der Waals surface area contributed by atoms with Crippen molar-refractivity contribution in [1.82, 2.24) is 0 Å². The highest BCUT2D eigenvalue weighted by Crippen LogP contribution is 2.38. The summed E-state index contributed by atoms with van der Waals surface area (Å²) in [5.41, 5.74) is 5.80. The Kier molecular flexibility index (Phi) is 3.84. The summed E-state index contributed by atoms with van der Waals surface area (Å²) in [5, 5.41) is 3.69. The molecule has 1 aromatic carbocycles. The van der Waals surface area contributed by atoms with Gasteiger partial charge in [0, 0.05) is 15.4 Å². The lowest BCUT2D eigenvalue weighted by Crippen LogP contribution is -2.05. The van der Waals surface area contributed by atoms with E-state index in [-0.39, 0.29) is 0 Å². The van der Waals surface area contributed by atoms with Crippen LogP contribution in [-0.4, -0.2) is 0 Å². The SMILES string of the molecule is CCCCc1ccc2c(c1)CC(c1cc(C)sc1C)N2. The first-order chi connectivity index (χ1) is 9.67. The fraction of sp³-hybridized carbons (Fsp3) is 0.444. The minimum atomic E-state index is 0.469. The Hall–Kier alpha value is -1.28. The van der Waals surface area contributed by atoms with E-state index in [1.807, 2.05) is 11.3 Å². The molecule has 0 saturated heterocycles. The molecule has 0 bridgehead atoms. The number of thiophene rings is 1. The van der Waals surface area contributed by atoms with E-state index >= 15 is 0 Å². The highest BCUT2D eigenvalue weighted by Gasteiger charge is 2.24. The summed E-state index contributed by atoms with van der Waals surface area (Å²) in [5.74, 6) is 0. The smallest absolute Gasteiger partial charge is 0.0565 e. The van der Waals surface area contributed by atoms with Crippen molar-refractivity contribution >= 4 is 17.0 Å². The monoisotopic (exact) mass is 285 g/mol. The number of fused-ring (bicyclic) bond motifs is 1. The highest BCUT2D eigenvalue weighted by atomic mass is 32.1. The van der Waals surface area contributed by atoms with Crippen LogP contribution in [0.3, 0.4) is 0 Å². The van der Waals surface area contributed by atoms with Crippen molar-refractivity contribution in [2.45, 2.75) is 52.5 Å². The molecular formula is C18H23NS. The first kappa shape index (κ1) is 13.7. The summed E-state index contributed by atoms with van der Waals surface area (Å²) in [6.07, 6.45) is 4.90. The van der Waals surface area contributed by atoms with E-state index in [1.165, 1.54) is 51.4 Å². The van der Waals surface area contributed by atoms with Crippen LogP contribution in [0.25, 0.3) is 0 Å². The van der Waals surface area contributed by atoms with Crippen molar-refractivity contribution in [3.63, 3.8) is 0 Å². The molecule has 0 fully saturated rings. The number of benzene rings is 1. The molecule has 2 aromatic rings. The van der Waals surface area contributed by atoms with E-state index in [0.717, 1.165) is 6.42 Å². The summed E-state index contributed by atoms with van der Waals surface area (Å²) in [6.45, 7) is 6.70. The Morgan fingerprint density at radius 2 is 2.10 bits per heavy atom. The zero-order valence-corrected chi connectivity index (χ0v) is 13.4. The zero-order chi connectivity index (χ0) is 14.1. The number of anilines is 1. The lowest BCUT2D eigenvalue weighted by atomic mass is 10.0. The Balaban J connectivity index is 1.80. The Morgan fingerprint density at radius 1 is 1.25 bits per heavy atom. The van der Waals surface area contributed by atoms with Crippen molar-refractivity contribution < 1.29 is 0 Å². The quantitative estimate of drug-likeness (QED) is 0.791. The van der Waals surface area contributed by atoms with Gasteiger partial charge < -0.3 is 5.32 Å². The molecule has 2 heteroatoms. The number of aryl methyl sites for hydroxylation is 3. The molecule has 0 spiro atoms. The normalized spacial score (nSPS) is 17.1. The molecule has 0 aliphatic carbocycles. The second kappa shape index (κ2) is 5.61. The molecule has 1 aliphatic rings. The molecule has 1 N–H and O–H groups in total. The van der Waals surface area contributed by atoms with E-state index in [4.69, 9.17) is 0 Å². The number of unbranched alkanes of at least 4 members (excludes halogenated alkanes) is 1. The van der Waals surface area contributed by atoms with Gasteiger partial charge in [0.15, 0.2) is 0 Å². The second-order valence-corrected chi connectivity index (χ2v) is 7.33. The van der Waals surface area contributed by atoms with Crippen molar-refractivity contribution in [3.05, 3.63) is 50.7 Å². The van der Waals surface area contributed by atoms with Gasteiger partial charge in [-0.1, -0.05) is 25.5 Å². The van der Waals surface area contributed by atoms with Crippen LogP contribution in [0.4, 0.5) is 5.69 Å². The average molecular weight is 285 g/mol. The number of rotatable bonds is 4. The zero-order valence-electron chi connectivity index (χ0n) is 12.6. The standard InChI is InChI=1S/C18H23NS/c1-4-5-6-14-7-8-17-15(10-14)11-18(19-17)16-9-12(2)20-13(16)3/h7-10,18-19H,4-6,11H2,1-3H3. The molecule has 3 rings (SSSR count). The van der Waals surface area contributed by atoms with Crippen molar-refractivity contribution in [2.75, 3.05) is 5.32 Å². The maximum absolute atomic E-state index is 3.69. The molecule has 1 atom stereocenters. The number of hydrogen-bond acceptors (Lipinski definition) is 2. The maximum Gasteiger partial charge on any atom is 0.0565 e. The largest absolute Gasteiger partial charge is 0.378 e. The van der Waals surface area contributed by atoms with Crippen molar-refractivity contribution in [1.29, 1.82) is 0 Å². The minimum Gasteiger partial charge on any atom is -0.378 e. The maximum atomic E-state index is 3.69. The molecule has 0 radical (unpaired) electrons. The van der Waals surface area contributed by atoms with E-state index in [1.54, 1.807) is 0 Å². The van der Waals surface area contributed by atoms with Crippen molar-refractivity contribution in [3.8, 4) is 0 Å². The van der Waals surface area contributed by atoms with Crippen LogP contribution in [0.1, 0.15) is 52.3 Å². The fourth-order valence-electron chi connectivity index (χ4n) is 3.14. The molecule has 0 saturated carbocycles. The van der Waals surface area contributed by atoms with Gasteiger partial charge in [-0.05, 0) is 61.9 Å². The number of nitrogens with one attached hydrogen (secondary N) is 1. The second-order valence-electron chi connectivity index (χ2n) is 5.86. The number of hydrogen-bond donors (Lipinski definition) is 1. The average Bonchev–Trinajstić information content (AvgIpc) is 2.98. The summed E-state index contributed by atoms with van der Waals surface area (Å²) in [7, 11) is 0. The molecule has 20 heavy (non-hydrogen) atoms. The third kappa shape index (κ3) is 2.62. The highest BCUT2D eigenvalue weighted by molar-refractivity contribution is 7.12. The Bertz CT molecular complexity index is 612. The lowest BCUT2D eigenvalue weighted by Gasteiger charge is -2.10. The first-order valence-electron chi connectivity index (χ1n) is 7.62. The molecular weight excluding hydrogens is 262 g/mol. The molecule has 1 nitrogen and oxygen atoms in total. The predicted molar refractivity (Wildman–Crippen MR) is 88.9 cm³/mol. The van der Waals surface area contributed by atoms with Crippen LogP contribution >= 0.6 is 11.3 Å².